The molecule has 4 rings (SSSR count). The monoisotopic (exact) mass is 449 g/mol. The summed E-state index contributed by atoms with van der Waals surface area (Å²) in [7, 11) is 0. The molecule has 2 N–H and O–H groups in total. The molecule has 1 saturated carbocycles. The number of fused-ring (bicyclic) bond motifs is 3. The topological polar surface area (TPSA) is 77.0 Å². The van der Waals surface area contributed by atoms with E-state index in [1.165, 1.54) is 11.8 Å². The molecule has 2 heterocycles. The van der Waals surface area contributed by atoms with Crippen LogP contribution in [0.3, 0.4) is 0 Å². The summed E-state index contributed by atoms with van der Waals surface area (Å²) < 4.78 is 0. The van der Waals surface area contributed by atoms with Gasteiger partial charge in [-0.2, -0.15) is 5.10 Å². The largest absolute Gasteiger partial charge is 0.325 e. The molecule has 4 atom stereocenters. The number of thioether (sulfide) groups is 1. The van der Waals surface area contributed by atoms with E-state index in [1.807, 2.05) is 36.1 Å². The van der Waals surface area contributed by atoms with Crippen LogP contribution in [0.4, 0.5) is 5.69 Å². The zero-order valence-corrected chi connectivity index (χ0v) is 18.9. The third kappa shape index (κ3) is 4.25. The lowest BCUT2D eigenvalue weighted by Gasteiger charge is -2.51. The van der Waals surface area contributed by atoms with E-state index < -0.39 is 0 Å². The van der Waals surface area contributed by atoms with Gasteiger partial charge in [-0.25, -0.2) is 0 Å². The van der Waals surface area contributed by atoms with Crippen molar-refractivity contribution < 1.29 is 9.59 Å². The number of halogens is 1. The summed E-state index contributed by atoms with van der Waals surface area (Å²) in [6.07, 6.45) is 3.05. The van der Waals surface area contributed by atoms with Gasteiger partial charge in [0.1, 0.15) is 0 Å². The number of alkyl halides is 1. The lowest BCUT2D eigenvalue weighted by Crippen LogP contribution is -2.67. The van der Waals surface area contributed by atoms with Crippen LogP contribution in [0, 0.1) is 12.8 Å². The van der Waals surface area contributed by atoms with Gasteiger partial charge in [0, 0.05) is 23.7 Å². The van der Waals surface area contributed by atoms with Gasteiger partial charge in [0.15, 0.2) is 11.5 Å². The van der Waals surface area contributed by atoms with Crippen molar-refractivity contribution in [2.24, 2.45) is 11.0 Å². The smallest absolute Gasteiger partial charge is 0.234 e. The van der Waals surface area contributed by atoms with Crippen LogP contribution in [0.2, 0.25) is 0 Å². The molecule has 2 fully saturated rings. The van der Waals surface area contributed by atoms with Crippen molar-refractivity contribution in [1.29, 1.82) is 0 Å². The van der Waals surface area contributed by atoms with Gasteiger partial charge in [-0.3, -0.25) is 15.0 Å². The molecule has 4 unspecified atom stereocenters. The lowest BCUT2D eigenvalue weighted by atomic mass is 9.81. The van der Waals surface area contributed by atoms with Crippen molar-refractivity contribution in [1.82, 2.24) is 15.2 Å². The van der Waals surface area contributed by atoms with Crippen LogP contribution in [0.1, 0.15) is 38.2 Å². The van der Waals surface area contributed by atoms with Crippen LogP contribution in [0.25, 0.3) is 0 Å². The Bertz CT molecular complexity index is 833. The fraction of sp³-hybridized carbons (Fsp3) is 0.571. The van der Waals surface area contributed by atoms with Gasteiger partial charge in [-0.15, -0.1) is 11.6 Å². The third-order valence-corrected chi connectivity index (χ3v) is 7.26. The average Bonchev–Trinajstić information content (AvgIpc) is 3.15. The Balaban J connectivity index is 1.43. The molecule has 1 aromatic rings. The standard InChI is InChI=1S/C21H28ClN5O2S/c1-3-10-26-19(29)16-11-14(22)6-9-17(16)27-20(26)24-25-21(27)30-12-18(28)23-15-7-4-13(2)5-8-15/h4-5,7-8,14,16-17,20,24H,3,6,9-12H2,1-2H3,(H,23,28). The Kier molecular flexibility index (Phi) is 6.43. The molecule has 0 bridgehead atoms. The Morgan fingerprint density at radius 2 is 2.10 bits per heavy atom. The number of hydrazone groups is 1. The maximum atomic E-state index is 13.1. The first-order valence-corrected chi connectivity index (χ1v) is 12.0. The Morgan fingerprint density at radius 1 is 1.33 bits per heavy atom. The number of rotatable bonds is 5. The molecule has 162 valence electrons. The van der Waals surface area contributed by atoms with Crippen molar-refractivity contribution in [2.75, 3.05) is 17.6 Å². The molecule has 2 aliphatic heterocycles. The molecule has 1 saturated heterocycles. The second-order valence-electron chi connectivity index (χ2n) is 8.12. The second kappa shape index (κ2) is 9.06. The van der Waals surface area contributed by atoms with Crippen LogP contribution in [0.15, 0.2) is 29.4 Å². The van der Waals surface area contributed by atoms with E-state index in [9.17, 15) is 9.59 Å². The highest BCUT2D eigenvalue weighted by Gasteiger charge is 2.51. The summed E-state index contributed by atoms with van der Waals surface area (Å²) in [5.41, 5.74) is 5.07. The van der Waals surface area contributed by atoms with Crippen LogP contribution in [-0.2, 0) is 9.59 Å². The molecule has 7 nitrogen and oxygen atoms in total. The van der Waals surface area contributed by atoms with Gasteiger partial charge in [0.2, 0.25) is 11.8 Å². The van der Waals surface area contributed by atoms with Crippen molar-refractivity contribution in [2.45, 2.75) is 57.2 Å². The fourth-order valence-corrected chi connectivity index (χ4v) is 5.61. The van der Waals surface area contributed by atoms with Crippen LogP contribution >= 0.6 is 23.4 Å². The van der Waals surface area contributed by atoms with E-state index in [0.717, 1.165) is 35.7 Å². The number of benzene rings is 1. The summed E-state index contributed by atoms with van der Waals surface area (Å²) in [4.78, 5) is 29.6. The van der Waals surface area contributed by atoms with Crippen LogP contribution < -0.4 is 10.7 Å². The molecular weight excluding hydrogens is 422 g/mol. The number of nitrogens with one attached hydrogen (secondary N) is 2. The maximum absolute atomic E-state index is 13.1. The predicted octanol–water partition coefficient (Wildman–Crippen LogP) is 3.15. The van der Waals surface area contributed by atoms with Crippen molar-refractivity contribution >= 4 is 46.0 Å². The Labute approximate surface area is 186 Å². The van der Waals surface area contributed by atoms with Crippen molar-refractivity contribution in [3.63, 3.8) is 0 Å². The summed E-state index contributed by atoms with van der Waals surface area (Å²) in [6.45, 7) is 4.75. The Morgan fingerprint density at radius 3 is 2.83 bits per heavy atom. The average molecular weight is 450 g/mol. The maximum Gasteiger partial charge on any atom is 0.234 e. The van der Waals surface area contributed by atoms with Gasteiger partial charge in [0.25, 0.3) is 0 Å². The molecule has 1 aromatic carbocycles. The summed E-state index contributed by atoms with van der Waals surface area (Å²) in [6, 6.07) is 7.82. The summed E-state index contributed by atoms with van der Waals surface area (Å²) in [5, 5.41) is 8.24. The van der Waals surface area contributed by atoms with Crippen molar-refractivity contribution in [3.05, 3.63) is 29.8 Å². The van der Waals surface area contributed by atoms with E-state index >= 15 is 0 Å². The first-order chi connectivity index (χ1) is 14.5. The van der Waals surface area contributed by atoms with Gasteiger partial charge in [0.05, 0.1) is 11.7 Å². The molecule has 9 heteroatoms. The highest BCUT2D eigenvalue weighted by molar-refractivity contribution is 8.14. The van der Waals surface area contributed by atoms with Crippen LogP contribution in [-0.4, -0.2) is 56.8 Å². The molecule has 0 aromatic heterocycles. The highest BCUT2D eigenvalue weighted by atomic mass is 35.5. The normalized spacial score (nSPS) is 27.8. The molecular formula is C21H28ClN5O2S. The number of nitrogens with zero attached hydrogens (tertiary/aromatic N) is 3. The van der Waals surface area contributed by atoms with Crippen molar-refractivity contribution in [3.8, 4) is 0 Å². The van der Waals surface area contributed by atoms with E-state index in [1.54, 1.807) is 0 Å². The molecule has 3 aliphatic rings. The van der Waals surface area contributed by atoms with Gasteiger partial charge < -0.3 is 15.1 Å². The number of anilines is 1. The van der Waals surface area contributed by atoms with E-state index in [4.69, 9.17) is 11.6 Å². The number of hydrogen-bond acceptors (Lipinski definition) is 6. The predicted molar refractivity (Wildman–Crippen MR) is 121 cm³/mol. The number of carbonyl (C=O) groups is 2. The minimum atomic E-state index is -0.270. The van der Waals surface area contributed by atoms with Gasteiger partial charge in [-0.1, -0.05) is 36.4 Å². The van der Waals surface area contributed by atoms with E-state index in [2.05, 4.69) is 27.7 Å². The number of carbonyl (C=O) groups excluding carboxylic acids is 2. The van der Waals surface area contributed by atoms with E-state index in [0.29, 0.717) is 13.0 Å². The van der Waals surface area contributed by atoms with Gasteiger partial charge in [-0.05, 0) is 44.7 Å². The number of amides is 2. The number of amidine groups is 1. The summed E-state index contributed by atoms with van der Waals surface area (Å²) >= 11 is 7.81. The van der Waals surface area contributed by atoms with E-state index in [-0.39, 0.29) is 41.2 Å². The minimum Gasteiger partial charge on any atom is -0.325 e. The highest BCUT2D eigenvalue weighted by Crippen LogP contribution is 2.40. The first kappa shape index (κ1) is 21.3. The lowest BCUT2D eigenvalue weighted by molar-refractivity contribution is -0.155. The third-order valence-electron chi connectivity index (χ3n) is 5.89. The minimum absolute atomic E-state index is 0.0408. The molecule has 1 aliphatic carbocycles. The quantitative estimate of drug-likeness (QED) is 0.675. The second-order valence-corrected chi connectivity index (χ2v) is 9.68. The zero-order valence-electron chi connectivity index (χ0n) is 17.3. The zero-order chi connectivity index (χ0) is 21.3. The number of hydrogen-bond donors (Lipinski definition) is 2. The SMILES string of the molecule is CCCN1C(=O)C2CC(Cl)CCC2N2C(SCC(=O)Nc3ccc(C)cc3)=NNC12. The van der Waals surface area contributed by atoms with Crippen LogP contribution in [0.5, 0.6) is 0 Å². The molecule has 30 heavy (non-hydrogen) atoms. The molecule has 0 spiro atoms. The van der Waals surface area contributed by atoms with Gasteiger partial charge >= 0.3 is 0 Å². The Hall–Kier alpha value is -1.93. The fourth-order valence-electron chi connectivity index (χ4n) is 4.46. The summed E-state index contributed by atoms with van der Waals surface area (Å²) in [5.74, 6) is 0.236. The number of aryl methyl sites for hydroxylation is 1. The molecule has 0 radical (unpaired) electrons. The molecule has 2 amide bonds. The first-order valence-electron chi connectivity index (χ1n) is 10.5.